The Balaban J connectivity index is 1.69. The molecule has 2 rings (SSSR count). The highest BCUT2D eigenvalue weighted by Crippen LogP contribution is 2.22. The minimum absolute atomic E-state index is 0.417. The molecule has 0 saturated heterocycles. The Hall–Kier alpha value is -2.39. The number of nitrogens with zero attached hydrogens (tertiary/aromatic N) is 3. The molecule has 166 valence electrons. The van der Waals surface area contributed by atoms with Gasteiger partial charge >= 0.3 is 5.97 Å². The molecular formula is C25H33N3O2S. The molecule has 0 radical (unpaired) electrons. The number of unbranched alkanes of at least 4 members (excludes halogenated alkanes) is 8. The van der Waals surface area contributed by atoms with Gasteiger partial charge in [-0.05, 0) is 31.0 Å². The number of aromatic nitrogens is 2. The number of thioether (sulfide) groups is 1. The largest absolute Gasteiger partial charge is 0.444 e. The van der Waals surface area contributed by atoms with E-state index in [0.717, 1.165) is 22.0 Å². The molecule has 0 aliphatic heterocycles. The van der Waals surface area contributed by atoms with Crippen molar-refractivity contribution < 1.29 is 9.53 Å². The third kappa shape index (κ3) is 9.52. The van der Waals surface area contributed by atoms with Gasteiger partial charge in [0.15, 0.2) is 11.3 Å². The van der Waals surface area contributed by atoms with Gasteiger partial charge in [-0.3, -0.25) is 0 Å². The number of ether oxygens (including phenoxy) is 1. The van der Waals surface area contributed by atoms with Gasteiger partial charge in [-0.15, -0.1) is 0 Å². The van der Waals surface area contributed by atoms with Crippen molar-refractivity contribution in [3.05, 3.63) is 42.2 Å². The number of carbonyl (C=O) groups is 1. The molecule has 6 heteroatoms. The highest BCUT2D eigenvalue weighted by atomic mass is 32.2. The summed E-state index contributed by atoms with van der Waals surface area (Å²) in [7, 11) is 0. The van der Waals surface area contributed by atoms with Crippen molar-refractivity contribution in [3.8, 4) is 17.2 Å². The van der Waals surface area contributed by atoms with Crippen molar-refractivity contribution in [1.82, 2.24) is 9.97 Å². The van der Waals surface area contributed by atoms with Gasteiger partial charge in [0, 0.05) is 23.7 Å². The van der Waals surface area contributed by atoms with E-state index < -0.39 is 12.1 Å². The SMILES string of the molecule is CCCCCCCCCCCSc1ncc(-c2ccc(C(=O)O[C@H](C)C#N)cc2)cn1. The first-order valence-corrected chi connectivity index (χ1v) is 12.3. The molecule has 1 aromatic carbocycles. The maximum Gasteiger partial charge on any atom is 0.339 e. The summed E-state index contributed by atoms with van der Waals surface area (Å²) in [6.07, 6.45) is 14.9. The topological polar surface area (TPSA) is 75.9 Å². The molecule has 2 aromatic rings. The molecule has 0 fully saturated rings. The van der Waals surface area contributed by atoms with Crippen molar-refractivity contribution in [2.45, 2.75) is 82.9 Å². The van der Waals surface area contributed by atoms with Crippen LogP contribution in [0.1, 0.15) is 82.0 Å². The van der Waals surface area contributed by atoms with Crippen molar-refractivity contribution in [3.63, 3.8) is 0 Å². The smallest absolute Gasteiger partial charge is 0.339 e. The van der Waals surface area contributed by atoms with Gasteiger partial charge in [0.1, 0.15) is 6.07 Å². The molecule has 1 heterocycles. The number of esters is 1. The third-order valence-corrected chi connectivity index (χ3v) is 5.99. The lowest BCUT2D eigenvalue weighted by Crippen LogP contribution is -2.12. The zero-order valence-corrected chi connectivity index (χ0v) is 19.5. The van der Waals surface area contributed by atoms with Gasteiger partial charge in [0.2, 0.25) is 0 Å². The first-order chi connectivity index (χ1) is 15.1. The van der Waals surface area contributed by atoms with Gasteiger partial charge in [-0.1, -0.05) is 82.2 Å². The van der Waals surface area contributed by atoms with Crippen molar-refractivity contribution in [2.24, 2.45) is 0 Å². The molecule has 0 bridgehead atoms. The van der Waals surface area contributed by atoms with Crippen LogP contribution in [0.5, 0.6) is 0 Å². The van der Waals surface area contributed by atoms with E-state index in [4.69, 9.17) is 10.00 Å². The number of benzene rings is 1. The first-order valence-electron chi connectivity index (χ1n) is 11.3. The Morgan fingerprint density at radius 2 is 1.55 bits per heavy atom. The molecule has 0 aliphatic carbocycles. The highest BCUT2D eigenvalue weighted by molar-refractivity contribution is 7.99. The van der Waals surface area contributed by atoms with Gasteiger partial charge < -0.3 is 4.74 Å². The van der Waals surface area contributed by atoms with Crippen molar-refractivity contribution in [1.29, 1.82) is 5.26 Å². The minimum Gasteiger partial charge on any atom is -0.444 e. The van der Waals surface area contributed by atoms with E-state index in [1.807, 2.05) is 30.6 Å². The molecule has 0 amide bonds. The number of hydrogen-bond donors (Lipinski definition) is 0. The fourth-order valence-corrected chi connectivity index (χ4v) is 3.96. The molecule has 5 nitrogen and oxygen atoms in total. The van der Waals surface area contributed by atoms with E-state index in [9.17, 15) is 4.79 Å². The van der Waals surface area contributed by atoms with Crippen molar-refractivity contribution >= 4 is 17.7 Å². The fraction of sp³-hybridized carbons (Fsp3) is 0.520. The van der Waals surface area contributed by atoms with E-state index in [2.05, 4.69) is 16.9 Å². The Morgan fingerprint density at radius 3 is 2.13 bits per heavy atom. The van der Waals surface area contributed by atoms with Crippen LogP contribution in [0.3, 0.4) is 0 Å². The van der Waals surface area contributed by atoms with Crippen LogP contribution in [0.25, 0.3) is 11.1 Å². The molecule has 0 saturated carbocycles. The standard InChI is InChI=1S/C25H33N3O2S/c1-3-4-5-6-7-8-9-10-11-16-31-25-27-18-23(19-28-25)21-12-14-22(15-13-21)24(29)30-20(2)17-26/h12-15,18-20H,3-11,16H2,1-2H3/t20-/m1/s1. The Bertz CT molecular complexity index is 816. The van der Waals surface area contributed by atoms with Crippen LogP contribution in [-0.2, 0) is 4.74 Å². The zero-order chi connectivity index (χ0) is 22.3. The summed E-state index contributed by atoms with van der Waals surface area (Å²) in [4.78, 5) is 20.9. The van der Waals surface area contributed by atoms with Crippen LogP contribution in [0.15, 0.2) is 41.8 Å². The number of nitriles is 1. The summed E-state index contributed by atoms with van der Waals surface area (Å²) >= 11 is 1.70. The first kappa shape index (κ1) is 24.9. The summed E-state index contributed by atoms with van der Waals surface area (Å²) < 4.78 is 5.01. The number of carbonyl (C=O) groups excluding carboxylic acids is 1. The molecular weight excluding hydrogens is 406 g/mol. The molecule has 0 aliphatic rings. The van der Waals surface area contributed by atoms with E-state index in [-0.39, 0.29) is 0 Å². The Morgan fingerprint density at radius 1 is 0.968 bits per heavy atom. The summed E-state index contributed by atoms with van der Waals surface area (Å²) in [5, 5.41) is 9.54. The molecule has 1 aromatic heterocycles. The fourth-order valence-electron chi connectivity index (χ4n) is 3.17. The lowest BCUT2D eigenvalue weighted by molar-refractivity contribution is 0.0435. The normalized spacial score (nSPS) is 11.6. The highest BCUT2D eigenvalue weighted by Gasteiger charge is 2.11. The third-order valence-electron chi connectivity index (χ3n) is 5.03. The second-order valence-electron chi connectivity index (χ2n) is 7.69. The quantitative estimate of drug-likeness (QED) is 0.139. The second kappa shape index (κ2) is 14.6. The summed E-state index contributed by atoms with van der Waals surface area (Å²) in [6, 6.07) is 8.93. The van der Waals surface area contributed by atoms with Crippen LogP contribution >= 0.6 is 11.8 Å². The predicted octanol–water partition coefficient (Wildman–Crippen LogP) is 6.84. The average Bonchev–Trinajstić information content (AvgIpc) is 2.80. The summed E-state index contributed by atoms with van der Waals surface area (Å²) in [6.45, 7) is 3.80. The molecule has 0 N–H and O–H groups in total. The predicted molar refractivity (Wildman–Crippen MR) is 126 cm³/mol. The second-order valence-corrected chi connectivity index (χ2v) is 8.75. The lowest BCUT2D eigenvalue weighted by Gasteiger charge is -2.07. The molecule has 31 heavy (non-hydrogen) atoms. The zero-order valence-electron chi connectivity index (χ0n) is 18.7. The molecule has 0 spiro atoms. The van der Waals surface area contributed by atoms with Crippen LogP contribution in [0, 0.1) is 11.3 Å². The van der Waals surface area contributed by atoms with Crippen LogP contribution < -0.4 is 0 Å². The molecule has 0 unspecified atom stereocenters. The van der Waals surface area contributed by atoms with E-state index in [0.29, 0.717) is 5.56 Å². The monoisotopic (exact) mass is 439 g/mol. The lowest BCUT2D eigenvalue weighted by atomic mass is 10.1. The summed E-state index contributed by atoms with van der Waals surface area (Å²) in [5.41, 5.74) is 2.25. The van der Waals surface area contributed by atoms with Crippen LogP contribution in [0.4, 0.5) is 0 Å². The molecule has 1 atom stereocenters. The van der Waals surface area contributed by atoms with E-state index in [1.165, 1.54) is 57.8 Å². The van der Waals surface area contributed by atoms with Gasteiger partial charge in [0.25, 0.3) is 0 Å². The van der Waals surface area contributed by atoms with Crippen molar-refractivity contribution in [2.75, 3.05) is 5.75 Å². The van der Waals surface area contributed by atoms with Crippen LogP contribution in [-0.4, -0.2) is 27.8 Å². The minimum atomic E-state index is -0.763. The Labute approximate surface area is 190 Å². The average molecular weight is 440 g/mol. The maximum absolute atomic E-state index is 11.9. The number of rotatable bonds is 14. The van der Waals surface area contributed by atoms with Gasteiger partial charge in [-0.2, -0.15) is 5.26 Å². The van der Waals surface area contributed by atoms with E-state index in [1.54, 1.807) is 30.8 Å². The van der Waals surface area contributed by atoms with Gasteiger partial charge in [0.05, 0.1) is 5.56 Å². The Kier molecular flexibility index (Phi) is 11.7. The van der Waals surface area contributed by atoms with Gasteiger partial charge in [-0.25, -0.2) is 14.8 Å². The number of hydrogen-bond acceptors (Lipinski definition) is 6. The van der Waals surface area contributed by atoms with Crippen LogP contribution in [0.2, 0.25) is 0 Å². The maximum atomic E-state index is 11.9. The summed E-state index contributed by atoms with van der Waals surface area (Å²) in [5.74, 6) is 0.549. The van der Waals surface area contributed by atoms with E-state index >= 15 is 0 Å².